The number of nitriles is 2. The van der Waals surface area contributed by atoms with Gasteiger partial charge in [0.1, 0.15) is 23.8 Å². The van der Waals surface area contributed by atoms with Crippen LogP contribution >= 0.6 is 0 Å². The van der Waals surface area contributed by atoms with Gasteiger partial charge < -0.3 is 0 Å². The Labute approximate surface area is 248 Å². The van der Waals surface area contributed by atoms with Crippen LogP contribution in [-0.4, -0.2) is 37.2 Å². The molecular weight excluding hydrogens is 614 g/mol. The molecule has 6 rings (SSSR count). The van der Waals surface area contributed by atoms with E-state index >= 15 is 0 Å². The Morgan fingerprint density at radius 1 is 0.614 bits per heavy atom. The third-order valence-corrected chi connectivity index (χ3v) is 8.81. The summed E-state index contributed by atoms with van der Waals surface area (Å²) < 4.78 is 79.9. The largest absolute Gasteiger partial charge is 0.280 e. The van der Waals surface area contributed by atoms with Gasteiger partial charge in [-0.1, -0.05) is 12.1 Å². The highest BCUT2D eigenvalue weighted by molar-refractivity contribution is 7.93. The molecule has 0 spiro atoms. The van der Waals surface area contributed by atoms with Crippen molar-refractivity contribution in [3.8, 4) is 12.1 Å². The Balaban J connectivity index is 0.000000175. The molecule has 44 heavy (non-hydrogen) atoms. The molecule has 0 amide bonds. The van der Waals surface area contributed by atoms with E-state index in [2.05, 4.69) is 29.8 Å². The van der Waals surface area contributed by atoms with E-state index in [1.807, 2.05) is 12.1 Å². The molecule has 220 valence electrons. The Bertz CT molecular complexity index is 2180. The average molecular weight is 633 g/mol. The van der Waals surface area contributed by atoms with Crippen molar-refractivity contribution in [2.24, 2.45) is 0 Å². The van der Waals surface area contributed by atoms with Crippen LogP contribution in [0.2, 0.25) is 0 Å². The monoisotopic (exact) mass is 632 g/mol. The quantitative estimate of drug-likeness (QED) is 0.202. The van der Waals surface area contributed by atoms with Crippen molar-refractivity contribution in [1.82, 2.24) is 20.4 Å². The third-order valence-electron chi connectivity index (χ3n) is 6.05. The molecule has 6 aromatic rings. The summed E-state index contributed by atoms with van der Waals surface area (Å²) in [6.07, 6.45) is 0. The second-order valence-electron chi connectivity index (χ2n) is 9.01. The topological polar surface area (TPSA) is 197 Å². The van der Waals surface area contributed by atoms with E-state index in [4.69, 9.17) is 10.5 Å². The van der Waals surface area contributed by atoms with Crippen LogP contribution in [0.1, 0.15) is 11.4 Å². The second kappa shape index (κ2) is 11.8. The fraction of sp³-hybridized carbons (Fsp3) is 0. The third kappa shape index (κ3) is 6.31. The van der Waals surface area contributed by atoms with Crippen LogP contribution in [0.5, 0.6) is 0 Å². The van der Waals surface area contributed by atoms with E-state index in [0.29, 0.717) is 21.8 Å². The maximum Gasteiger partial charge on any atom is 0.261 e. The van der Waals surface area contributed by atoms with Crippen LogP contribution in [-0.2, 0) is 20.0 Å². The number of sulfonamides is 2. The standard InChI is InChI=1S/2C14H9FN4O2S/c2*15-9-2-1-3-11(6-9)22(20,21)19-10-4-5-13-12(7-10)14(8-16)18-17-13/h2*1-7,19H,(H,17,18). The molecule has 12 nitrogen and oxygen atoms in total. The summed E-state index contributed by atoms with van der Waals surface area (Å²) in [5, 5.41) is 31.8. The van der Waals surface area contributed by atoms with Gasteiger partial charge in [0.05, 0.1) is 20.8 Å². The molecule has 0 aliphatic heterocycles. The van der Waals surface area contributed by atoms with Crippen molar-refractivity contribution >= 4 is 53.2 Å². The molecule has 0 bridgehead atoms. The normalized spacial score (nSPS) is 11.3. The molecule has 0 unspecified atom stereocenters. The zero-order valence-corrected chi connectivity index (χ0v) is 23.7. The lowest BCUT2D eigenvalue weighted by Crippen LogP contribution is -2.13. The number of nitrogens with one attached hydrogen (secondary N) is 4. The Morgan fingerprint density at radius 2 is 1.02 bits per heavy atom. The highest BCUT2D eigenvalue weighted by Crippen LogP contribution is 2.24. The second-order valence-corrected chi connectivity index (χ2v) is 12.4. The number of fused-ring (bicyclic) bond motifs is 2. The zero-order valence-electron chi connectivity index (χ0n) is 22.1. The SMILES string of the molecule is N#Cc1n[nH]c2ccc(NS(=O)(=O)c3cccc(F)c3)cc12.N#Cc1n[nH]c2ccc(NS(=O)(=O)c3cccc(F)c3)cc12. The highest BCUT2D eigenvalue weighted by Gasteiger charge is 2.17. The van der Waals surface area contributed by atoms with Crippen LogP contribution in [0.3, 0.4) is 0 Å². The molecule has 2 heterocycles. The number of hydrogen-bond donors (Lipinski definition) is 4. The molecule has 0 saturated carbocycles. The van der Waals surface area contributed by atoms with Crippen LogP contribution in [0.4, 0.5) is 20.2 Å². The molecular formula is C28H18F2N8O4S2. The van der Waals surface area contributed by atoms with Gasteiger partial charge in [-0.2, -0.15) is 20.7 Å². The number of H-pyrrole nitrogens is 2. The molecule has 16 heteroatoms. The van der Waals surface area contributed by atoms with Crippen molar-refractivity contribution in [1.29, 1.82) is 10.5 Å². The van der Waals surface area contributed by atoms with E-state index in [1.165, 1.54) is 48.5 Å². The lowest BCUT2D eigenvalue weighted by molar-refractivity contribution is 0.594. The van der Waals surface area contributed by atoms with Crippen molar-refractivity contribution in [2.45, 2.75) is 9.79 Å². The molecule has 2 aromatic heterocycles. The summed E-state index contributed by atoms with van der Waals surface area (Å²) in [5.41, 5.74) is 2.09. The van der Waals surface area contributed by atoms with Gasteiger partial charge in [0, 0.05) is 22.1 Å². The maximum atomic E-state index is 13.2. The van der Waals surface area contributed by atoms with E-state index < -0.39 is 31.7 Å². The number of halogens is 2. The van der Waals surface area contributed by atoms with E-state index in [-0.39, 0.29) is 32.6 Å². The van der Waals surface area contributed by atoms with Gasteiger partial charge in [-0.05, 0) is 72.8 Å². The van der Waals surface area contributed by atoms with Gasteiger partial charge in [0.2, 0.25) is 0 Å². The van der Waals surface area contributed by atoms with Crippen LogP contribution in [0, 0.1) is 34.3 Å². The summed E-state index contributed by atoms with van der Waals surface area (Å²) in [7, 11) is -7.82. The van der Waals surface area contributed by atoms with Gasteiger partial charge in [-0.25, -0.2) is 25.6 Å². The van der Waals surface area contributed by atoms with E-state index in [0.717, 1.165) is 24.3 Å². The molecule has 0 fully saturated rings. The summed E-state index contributed by atoms with van der Waals surface area (Å²) in [5.74, 6) is -1.28. The fourth-order valence-corrected chi connectivity index (χ4v) is 6.18. The zero-order chi connectivity index (χ0) is 31.5. The minimum absolute atomic E-state index is 0.168. The Morgan fingerprint density at radius 3 is 1.39 bits per heavy atom. The summed E-state index contributed by atoms with van der Waals surface area (Å²) >= 11 is 0. The first-order valence-electron chi connectivity index (χ1n) is 12.3. The predicted octanol–water partition coefficient (Wildman–Crippen LogP) is 4.75. The number of anilines is 2. The van der Waals surface area contributed by atoms with Crippen LogP contribution in [0.25, 0.3) is 21.8 Å². The Hall–Kier alpha value is -5.84. The van der Waals surface area contributed by atoms with E-state index in [1.54, 1.807) is 12.1 Å². The lowest BCUT2D eigenvalue weighted by Gasteiger charge is -2.08. The van der Waals surface area contributed by atoms with Gasteiger partial charge >= 0.3 is 0 Å². The molecule has 0 aliphatic rings. The van der Waals surface area contributed by atoms with Crippen molar-refractivity contribution < 1.29 is 25.6 Å². The number of benzene rings is 4. The molecule has 4 N–H and O–H groups in total. The summed E-state index contributed by atoms with van der Waals surface area (Å²) in [4.78, 5) is -0.361. The molecule has 4 aromatic carbocycles. The Kier molecular flexibility index (Phi) is 7.95. The first kappa shape index (κ1) is 29.6. The number of hydrogen-bond acceptors (Lipinski definition) is 8. The minimum Gasteiger partial charge on any atom is -0.280 e. The van der Waals surface area contributed by atoms with Crippen LogP contribution in [0.15, 0.2) is 94.7 Å². The molecule has 0 radical (unpaired) electrons. The summed E-state index contributed by atoms with van der Waals surface area (Å²) in [6, 6.07) is 22.5. The summed E-state index contributed by atoms with van der Waals surface area (Å²) in [6.45, 7) is 0. The predicted molar refractivity (Wildman–Crippen MR) is 156 cm³/mol. The first-order chi connectivity index (χ1) is 21.0. The number of nitrogens with zero attached hydrogens (tertiary/aromatic N) is 4. The number of aromatic amines is 2. The van der Waals surface area contributed by atoms with Crippen LogP contribution < -0.4 is 9.44 Å². The van der Waals surface area contributed by atoms with Crippen molar-refractivity contribution in [3.05, 3.63) is 108 Å². The average Bonchev–Trinajstić information content (AvgIpc) is 3.60. The minimum atomic E-state index is -3.91. The number of rotatable bonds is 6. The fourth-order valence-electron chi connectivity index (χ4n) is 4.02. The molecule has 0 atom stereocenters. The maximum absolute atomic E-state index is 13.2. The highest BCUT2D eigenvalue weighted by atomic mass is 32.2. The van der Waals surface area contributed by atoms with Gasteiger partial charge in [-0.15, -0.1) is 0 Å². The molecule has 0 aliphatic carbocycles. The van der Waals surface area contributed by atoms with Gasteiger partial charge in [0.15, 0.2) is 11.4 Å². The lowest BCUT2D eigenvalue weighted by atomic mass is 10.2. The van der Waals surface area contributed by atoms with Crippen molar-refractivity contribution in [2.75, 3.05) is 9.44 Å². The first-order valence-corrected chi connectivity index (χ1v) is 15.3. The van der Waals surface area contributed by atoms with Crippen molar-refractivity contribution in [3.63, 3.8) is 0 Å². The smallest absolute Gasteiger partial charge is 0.261 e. The van der Waals surface area contributed by atoms with E-state index in [9.17, 15) is 25.6 Å². The number of aromatic nitrogens is 4. The molecule has 0 saturated heterocycles. The van der Waals surface area contributed by atoms with Gasteiger partial charge in [-0.3, -0.25) is 19.6 Å². The van der Waals surface area contributed by atoms with Gasteiger partial charge in [0.25, 0.3) is 20.0 Å².